The Balaban J connectivity index is 1.59. The summed E-state index contributed by atoms with van der Waals surface area (Å²) in [6, 6.07) is 9.25. The van der Waals surface area contributed by atoms with Gasteiger partial charge in [-0.15, -0.1) is 0 Å². The van der Waals surface area contributed by atoms with E-state index in [-0.39, 0.29) is 36.7 Å². The summed E-state index contributed by atoms with van der Waals surface area (Å²) in [4.78, 5) is 35.2. The predicted molar refractivity (Wildman–Crippen MR) is 87.7 cm³/mol. The first-order chi connectivity index (χ1) is 12.1. The minimum absolute atomic E-state index is 0.186. The van der Waals surface area contributed by atoms with E-state index in [1.165, 1.54) is 35.3 Å². The van der Waals surface area contributed by atoms with E-state index >= 15 is 0 Å². The summed E-state index contributed by atoms with van der Waals surface area (Å²) in [5, 5.41) is 10.6. The number of hydrogen-bond donors (Lipinski definition) is 1. The van der Waals surface area contributed by atoms with Crippen LogP contribution >= 0.6 is 0 Å². The number of nitrogens with zero attached hydrogens (tertiary/aromatic N) is 4. The third-order valence-corrected chi connectivity index (χ3v) is 3.36. The normalized spacial score (nSPS) is 10.6. The highest BCUT2D eigenvalue weighted by atomic mass is 16.3. The number of amides is 1. The van der Waals surface area contributed by atoms with Crippen LogP contribution in [0.5, 0.6) is 0 Å². The van der Waals surface area contributed by atoms with Gasteiger partial charge in [0.1, 0.15) is 12.2 Å². The highest BCUT2D eigenvalue weighted by Gasteiger charge is 2.07. The highest BCUT2D eigenvalue weighted by molar-refractivity contribution is 5.75. The monoisotopic (exact) mass is 341 g/mol. The summed E-state index contributed by atoms with van der Waals surface area (Å²) < 4.78 is 7.54. The number of carbonyl (C=O) groups excluding carboxylic acids is 1. The van der Waals surface area contributed by atoms with Crippen molar-refractivity contribution in [1.82, 2.24) is 24.9 Å². The minimum Gasteiger partial charge on any atom is -0.463 e. The lowest BCUT2D eigenvalue weighted by atomic mass is 10.3. The Bertz CT molecular complexity index is 974. The van der Waals surface area contributed by atoms with Crippen molar-refractivity contribution < 1.29 is 9.21 Å². The van der Waals surface area contributed by atoms with Gasteiger partial charge in [0, 0.05) is 24.9 Å². The first-order valence-electron chi connectivity index (χ1n) is 7.54. The third-order valence-electron chi connectivity index (χ3n) is 3.36. The highest BCUT2D eigenvalue weighted by Crippen LogP contribution is 2.14. The van der Waals surface area contributed by atoms with E-state index in [1.54, 1.807) is 18.2 Å². The van der Waals surface area contributed by atoms with Crippen molar-refractivity contribution in [2.45, 2.75) is 13.1 Å². The Kier molecular flexibility index (Phi) is 4.84. The van der Waals surface area contributed by atoms with Gasteiger partial charge in [0.05, 0.1) is 12.8 Å². The minimum atomic E-state index is -0.379. The van der Waals surface area contributed by atoms with Gasteiger partial charge in [-0.05, 0) is 24.3 Å². The topological polar surface area (TPSA) is 112 Å². The molecule has 25 heavy (non-hydrogen) atoms. The molecule has 1 amide bonds. The molecule has 3 rings (SSSR count). The molecule has 0 aliphatic heterocycles. The summed E-state index contributed by atoms with van der Waals surface area (Å²) in [7, 11) is 0. The number of rotatable bonds is 6. The Morgan fingerprint density at radius 2 is 1.92 bits per heavy atom. The van der Waals surface area contributed by atoms with Crippen LogP contribution in [0, 0.1) is 0 Å². The number of carbonyl (C=O) groups is 1. The molecule has 0 atom stereocenters. The van der Waals surface area contributed by atoms with Crippen LogP contribution in [0.15, 0.2) is 62.9 Å². The maximum atomic E-state index is 11.9. The molecular formula is C16H15N5O4. The number of aromatic nitrogens is 4. The molecule has 1 N–H and O–H groups in total. The molecule has 0 spiro atoms. The van der Waals surface area contributed by atoms with Crippen molar-refractivity contribution in [2.75, 3.05) is 6.54 Å². The number of nitrogens with one attached hydrogen (secondary N) is 1. The van der Waals surface area contributed by atoms with Gasteiger partial charge in [0.15, 0.2) is 5.76 Å². The van der Waals surface area contributed by atoms with Crippen LogP contribution in [0.4, 0.5) is 0 Å². The summed E-state index contributed by atoms with van der Waals surface area (Å²) in [6.07, 6.45) is 2.95. The van der Waals surface area contributed by atoms with Crippen LogP contribution in [-0.2, 0) is 17.9 Å². The van der Waals surface area contributed by atoms with Crippen molar-refractivity contribution in [2.24, 2.45) is 0 Å². The summed E-state index contributed by atoms with van der Waals surface area (Å²) in [5.74, 6) is 0.170. The van der Waals surface area contributed by atoms with Crippen LogP contribution < -0.4 is 16.4 Å². The van der Waals surface area contributed by atoms with Crippen molar-refractivity contribution in [3.63, 3.8) is 0 Å². The van der Waals surface area contributed by atoms with Crippen LogP contribution in [-0.4, -0.2) is 32.0 Å². The van der Waals surface area contributed by atoms with E-state index in [2.05, 4.69) is 15.5 Å². The molecule has 0 aliphatic carbocycles. The van der Waals surface area contributed by atoms with Gasteiger partial charge in [0.25, 0.3) is 11.1 Å². The van der Waals surface area contributed by atoms with Crippen LogP contribution in [0.2, 0.25) is 0 Å². The molecule has 0 unspecified atom stereocenters. The van der Waals surface area contributed by atoms with Crippen LogP contribution in [0.3, 0.4) is 0 Å². The van der Waals surface area contributed by atoms with Crippen LogP contribution in [0.25, 0.3) is 11.5 Å². The average molecular weight is 341 g/mol. The number of hydrogen-bond acceptors (Lipinski definition) is 6. The Hall–Kier alpha value is -3.49. The molecule has 0 fully saturated rings. The first kappa shape index (κ1) is 16.4. The fraction of sp³-hybridized carbons (Fsp3) is 0.188. The molecule has 3 aromatic heterocycles. The molecule has 128 valence electrons. The maximum absolute atomic E-state index is 11.9. The summed E-state index contributed by atoms with van der Waals surface area (Å²) in [5.41, 5.74) is -0.122. The largest absolute Gasteiger partial charge is 0.463 e. The molecule has 3 heterocycles. The van der Waals surface area contributed by atoms with Gasteiger partial charge < -0.3 is 9.73 Å². The lowest BCUT2D eigenvalue weighted by molar-refractivity contribution is -0.121. The van der Waals surface area contributed by atoms with E-state index in [0.717, 1.165) is 4.68 Å². The lowest BCUT2D eigenvalue weighted by Crippen LogP contribution is -2.36. The van der Waals surface area contributed by atoms with E-state index in [9.17, 15) is 14.4 Å². The second-order valence-corrected chi connectivity index (χ2v) is 5.13. The fourth-order valence-electron chi connectivity index (χ4n) is 2.16. The van der Waals surface area contributed by atoms with E-state index in [0.29, 0.717) is 11.5 Å². The zero-order valence-corrected chi connectivity index (χ0v) is 13.2. The number of furan rings is 1. The second kappa shape index (κ2) is 7.39. The molecule has 0 saturated carbocycles. The standard InChI is InChI=1S/C16H15N5O4/c22-14(11-21-15(23)4-1-7-18-21)17-8-9-20-16(24)6-5-12(19-20)13-3-2-10-25-13/h1-7,10H,8-9,11H2,(H,17,22). The average Bonchev–Trinajstić information content (AvgIpc) is 3.13. The van der Waals surface area contributed by atoms with Gasteiger partial charge in [0.2, 0.25) is 5.91 Å². The predicted octanol–water partition coefficient (Wildman–Crippen LogP) is -0.124. The summed E-state index contributed by atoms with van der Waals surface area (Å²) in [6.45, 7) is 0.194. The maximum Gasteiger partial charge on any atom is 0.267 e. The van der Waals surface area contributed by atoms with Crippen molar-refractivity contribution in [3.05, 3.63) is 69.6 Å². The molecule has 0 saturated heterocycles. The van der Waals surface area contributed by atoms with Gasteiger partial charge in [-0.2, -0.15) is 10.2 Å². The quantitative estimate of drug-likeness (QED) is 0.669. The zero-order valence-electron chi connectivity index (χ0n) is 13.2. The van der Waals surface area contributed by atoms with E-state index in [1.807, 2.05) is 0 Å². The SMILES string of the molecule is O=C(Cn1ncccc1=O)NCCn1nc(-c2ccco2)ccc1=O. The van der Waals surface area contributed by atoms with E-state index < -0.39 is 0 Å². The van der Waals surface area contributed by atoms with Crippen LogP contribution in [0.1, 0.15) is 0 Å². The molecule has 0 aromatic carbocycles. The fourth-order valence-corrected chi connectivity index (χ4v) is 2.16. The molecule has 9 nitrogen and oxygen atoms in total. The third kappa shape index (κ3) is 4.08. The van der Waals surface area contributed by atoms with Gasteiger partial charge in [-0.1, -0.05) is 0 Å². The van der Waals surface area contributed by atoms with Crippen molar-refractivity contribution in [1.29, 1.82) is 0 Å². The molecular weight excluding hydrogens is 326 g/mol. The Morgan fingerprint density at radius 1 is 1.08 bits per heavy atom. The van der Waals surface area contributed by atoms with Gasteiger partial charge in [-0.3, -0.25) is 14.4 Å². The smallest absolute Gasteiger partial charge is 0.267 e. The lowest BCUT2D eigenvalue weighted by Gasteiger charge is -2.08. The second-order valence-electron chi connectivity index (χ2n) is 5.13. The summed E-state index contributed by atoms with van der Waals surface area (Å²) >= 11 is 0. The molecule has 0 bridgehead atoms. The molecule has 0 aliphatic rings. The van der Waals surface area contributed by atoms with E-state index in [4.69, 9.17) is 4.42 Å². The first-order valence-corrected chi connectivity index (χ1v) is 7.54. The Labute approximate surface area is 141 Å². The molecule has 0 radical (unpaired) electrons. The Morgan fingerprint density at radius 3 is 2.68 bits per heavy atom. The molecule has 3 aromatic rings. The van der Waals surface area contributed by atoms with Crippen molar-refractivity contribution in [3.8, 4) is 11.5 Å². The molecule has 9 heteroatoms. The van der Waals surface area contributed by atoms with Gasteiger partial charge in [-0.25, -0.2) is 9.36 Å². The van der Waals surface area contributed by atoms with Crippen molar-refractivity contribution >= 4 is 5.91 Å². The zero-order chi connectivity index (χ0) is 17.6. The van der Waals surface area contributed by atoms with Gasteiger partial charge >= 0.3 is 0 Å².